The molecule has 0 bridgehead atoms. The molecule has 0 saturated carbocycles. The van der Waals surface area contributed by atoms with Gasteiger partial charge in [-0.3, -0.25) is 0 Å². The monoisotopic (exact) mass is 417 g/mol. The summed E-state index contributed by atoms with van der Waals surface area (Å²) in [5, 5.41) is 3.39. The topological polar surface area (TPSA) is 42.2 Å². The first kappa shape index (κ1) is 18.5. The first-order valence-corrected chi connectivity index (χ1v) is 10.6. The van der Waals surface area contributed by atoms with E-state index >= 15 is 0 Å². The van der Waals surface area contributed by atoms with Gasteiger partial charge in [0.2, 0.25) is 0 Å². The molecule has 0 saturated heterocycles. The average molecular weight is 418 g/mol. The molecular formula is C20H20ClN3OS2. The van der Waals surface area contributed by atoms with Crippen molar-refractivity contribution in [2.75, 3.05) is 4.90 Å². The van der Waals surface area contributed by atoms with Gasteiger partial charge in [0.25, 0.3) is 0 Å². The van der Waals surface area contributed by atoms with E-state index in [9.17, 15) is 0 Å². The third-order valence-electron chi connectivity index (χ3n) is 4.88. The minimum atomic E-state index is 0. The number of furan rings is 1. The molecule has 0 aromatic carbocycles. The van der Waals surface area contributed by atoms with Crippen LogP contribution in [-0.2, 0) is 25.9 Å². The molecule has 7 heteroatoms. The van der Waals surface area contributed by atoms with Crippen LogP contribution in [0.15, 0.2) is 46.7 Å². The lowest BCUT2D eigenvalue weighted by Crippen LogP contribution is -2.23. The molecular weight excluding hydrogens is 398 g/mol. The lowest BCUT2D eigenvalue weighted by Gasteiger charge is -2.23. The maximum atomic E-state index is 5.63. The van der Waals surface area contributed by atoms with Gasteiger partial charge in [0.05, 0.1) is 24.7 Å². The Labute approximate surface area is 172 Å². The smallest absolute Gasteiger partial charge is 0.141 e. The molecule has 0 fully saturated rings. The van der Waals surface area contributed by atoms with E-state index in [2.05, 4.69) is 27.4 Å². The standard InChI is InChI=1S/C20H19N3OS2.ClH/c1-2-8-17-16(7-1)18-19(21-13-22-20(18)26-17)23(11-14-5-3-9-24-14)12-15-6-4-10-25-15;/h3-6,9-10,13H,1-2,7-8,11-12H2;1H. The number of nitrogens with zero attached hydrogens (tertiary/aromatic N) is 3. The molecule has 27 heavy (non-hydrogen) atoms. The zero-order chi connectivity index (χ0) is 17.3. The predicted octanol–water partition coefficient (Wildman–Crippen LogP) is 5.85. The summed E-state index contributed by atoms with van der Waals surface area (Å²) in [6, 6.07) is 8.26. The second-order valence-corrected chi connectivity index (χ2v) is 8.72. The van der Waals surface area contributed by atoms with E-state index in [1.54, 1.807) is 23.9 Å². The van der Waals surface area contributed by atoms with Crippen LogP contribution >= 0.6 is 35.1 Å². The van der Waals surface area contributed by atoms with Crippen molar-refractivity contribution < 1.29 is 4.42 Å². The first-order valence-electron chi connectivity index (χ1n) is 8.93. The van der Waals surface area contributed by atoms with Crippen molar-refractivity contribution >= 4 is 51.1 Å². The molecule has 4 aromatic rings. The number of hydrogen-bond acceptors (Lipinski definition) is 6. The van der Waals surface area contributed by atoms with Crippen molar-refractivity contribution in [3.05, 3.63) is 63.3 Å². The minimum Gasteiger partial charge on any atom is -0.467 e. The van der Waals surface area contributed by atoms with Crippen LogP contribution in [0.25, 0.3) is 10.2 Å². The number of aromatic nitrogens is 2. The van der Waals surface area contributed by atoms with E-state index in [1.165, 1.54) is 40.0 Å². The SMILES string of the molecule is Cl.c1coc(CN(Cc2cccs2)c2ncnc3sc4c(c23)CCCC4)c1. The highest BCUT2D eigenvalue weighted by atomic mass is 35.5. The van der Waals surface area contributed by atoms with E-state index in [-0.39, 0.29) is 12.4 Å². The zero-order valence-electron chi connectivity index (χ0n) is 14.8. The normalized spacial score (nSPS) is 13.3. The molecule has 1 aliphatic rings. The molecule has 0 amide bonds. The molecule has 4 heterocycles. The number of halogens is 1. The Morgan fingerprint density at radius 1 is 1.07 bits per heavy atom. The van der Waals surface area contributed by atoms with E-state index in [0.29, 0.717) is 6.54 Å². The number of fused-ring (bicyclic) bond motifs is 3. The van der Waals surface area contributed by atoms with Crippen LogP contribution in [0.3, 0.4) is 0 Å². The van der Waals surface area contributed by atoms with Gasteiger partial charge in [-0.25, -0.2) is 9.97 Å². The molecule has 4 nitrogen and oxygen atoms in total. The van der Waals surface area contributed by atoms with E-state index in [1.807, 2.05) is 23.5 Å². The summed E-state index contributed by atoms with van der Waals surface area (Å²) in [5.41, 5.74) is 1.47. The molecule has 0 radical (unpaired) electrons. The van der Waals surface area contributed by atoms with Gasteiger partial charge in [-0.1, -0.05) is 6.07 Å². The van der Waals surface area contributed by atoms with Gasteiger partial charge in [0.15, 0.2) is 0 Å². The van der Waals surface area contributed by atoms with Crippen molar-refractivity contribution in [1.29, 1.82) is 0 Å². The Hall–Kier alpha value is -1.89. The lowest BCUT2D eigenvalue weighted by molar-refractivity contribution is 0.501. The van der Waals surface area contributed by atoms with Gasteiger partial charge in [-0.15, -0.1) is 35.1 Å². The minimum absolute atomic E-state index is 0. The van der Waals surface area contributed by atoms with Crippen LogP contribution in [-0.4, -0.2) is 9.97 Å². The number of aryl methyl sites for hydroxylation is 2. The maximum Gasteiger partial charge on any atom is 0.141 e. The molecule has 5 rings (SSSR count). The summed E-state index contributed by atoms with van der Waals surface area (Å²) in [7, 11) is 0. The van der Waals surface area contributed by atoms with Crippen LogP contribution in [0.1, 0.15) is 33.9 Å². The van der Waals surface area contributed by atoms with Gasteiger partial charge >= 0.3 is 0 Å². The Bertz CT molecular complexity index is 975. The van der Waals surface area contributed by atoms with Crippen molar-refractivity contribution in [3.8, 4) is 0 Å². The number of hydrogen-bond donors (Lipinski definition) is 0. The van der Waals surface area contributed by atoms with Gasteiger partial charge in [0, 0.05) is 9.75 Å². The van der Waals surface area contributed by atoms with E-state index in [0.717, 1.165) is 29.4 Å². The third-order valence-corrected chi connectivity index (χ3v) is 6.95. The second kappa shape index (κ2) is 8.00. The summed E-state index contributed by atoms with van der Waals surface area (Å²) in [6.07, 6.45) is 8.32. The molecule has 1 aliphatic carbocycles. The van der Waals surface area contributed by atoms with E-state index < -0.39 is 0 Å². The molecule has 0 atom stereocenters. The van der Waals surface area contributed by atoms with Crippen molar-refractivity contribution in [1.82, 2.24) is 9.97 Å². The second-order valence-electron chi connectivity index (χ2n) is 6.60. The van der Waals surface area contributed by atoms with Gasteiger partial charge in [-0.05, 0) is 54.8 Å². The van der Waals surface area contributed by atoms with Crippen molar-refractivity contribution in [3.63, 3.8) is 0 Å². The Balaban J connectivity index is 0.00000180. The fourth-order valence-corrected chi connectivity index (χ4v) is 5.64. The average Bonchev–Trinajstić information content (AvgIpc) is 3.41. The van der Waals surface area contributed by atoms with Crippen LogP contribution < -0.4 is 4.90 Å². The number of rotatable bonds is 5. The van der Waals surface area contributed by atoms with Gasteiger partial charge < -0.3 is 9.32 Å². The fourth-order valence-electron chi connectivity index (χ4n) is 3.70. The molecule has 0 N–H and O–H groups in total. The number of thiophene rings is 2. The quantitative estimate of drug-likeness (QED) is 0.408. The van der Waals surface area contributed by atoms with Crippen LogP contribution in [0, 0.1) is 0 Å². The first-order chi connectivity index (χ1) is 12.9. The number of anilines is 1. The highest BCUT2D eigenvalue weighted by Gasteiger charge is 2.23. The van der Waals surface area contributed by atoms with Gasteiger partial charge in [0.1, 0.15) is 22.7 Å². The summed E-state index contributed by atoms with van der Waals surface area (Å²) in [4.78, 5) is 15.6. The Morgan fingerprint density at radius 3 is 2.81 bits per heavy atom. The van der Waals surface area contributed by atoms with Crippen LogP contribution in [0.5, 0.6) is 0 Å². The molecule has 4 aromatic heterocycles. The Morgan fingerprint density at radius 2 is 2.00 bits per heavy atom. The predicted molar refractivity (Wildman–Crippen MR) is 114 cm³/mol. The maximum absolute atomic E-state index is 5.63. The van der Waals surface area contributed by atoms with Gasteiger partial charge in [-0.2, -0.15) is 0 Å². The highest BCUT2D eigenvalue weighted by Crippen LogP contribution is 2.40. The molecule has 140 valence electrons. The molecule has 0 spiro atoms. The zero-order valence-corrected chi connectivity index (χ0v) is 17.2. The van der Waals surface area contributed by atoms with Crippen molar-refractivity contribution in [2.45, 2.75) is 38.8 Å². The molecule has 0 aliphatic heterocycles. The van der Waals surface area contributed by atoms with Crippen LogP contribution in [0.2, 0.25) is 0 Å². The highest BCUT2D eigenvalue weighted by molar-refractivity contribution is 7.19. The third kappa shape index (κ3) is 3.61. The summed E-state index contributed by atoms with van der Waals surface area (Å²) in [5.74, 6) is 2.00. The van der Waals surface area contributed by atoms with Crippen molar-refractivity contribution in [2.24, 2.45) is 0 Å². The van der Waals surface area contributed by atoms with E-state index in [4.69, 9.17) is 9.40 Å². The lowest BCUT2D eigenvalue weighted by atomic mass is 9.97. The largest absolute Gasteiger partial charge is 0.467 e. The Kier molecular flexibility index (Phi) is 5.48. The summed E-state index contributed by atoms with van der Waals surface area (Å²) >= 11 is 3.63. The van der Waals surface area contributed by atoms with Crippen LogP contribution in [0.4, 0.5) is 5.82 Å². The molecule has 0 unspecified atom stereocenters. The summed E-state index contributed by atoms with van der Waals surface area (Å²) < 4.78 is 5.63. The summed E-state index contributed by atoms with van der Waals surface area (Å²) in [6.45, 7) is 1.54. The fraction of sp³-hybridized carbons (Fsp3) is 0.300.